The summed E-state index contributed by atoms with van der Waals surface area (Å²) < 4.78 is 33.0. The second-order valence-corrected chi connectivity index (χ2v) is 6.56. The average Bonchev–Trinajstić information content (AvgIpc) is 3.38. The molecule has 2 aromatic carbocycles. The quantitative estimate of drug-likeness (QED) is 0.729. The Bertz CT molecular complexity index is 971. The molecule has 2 heterocycles. The van der Waals surface area contributed by atoms with E-state index in [1.807, 2.05) is 23.1 Å². The number of rotatable bonds is 5. The van der Waals surface area contributed by atoms with Crippen LogP contribution >= 0.6 is 0 Å². The molecule has 1 aliphatic heterocycles. The van der Waals surface area contributed by atoms with E-state index in [-0.39, 0.29) is 11.5 Å². The van der Waals surface area contributed by atoms with E-state index >= 15 is 0 Å². The van der Waals surface area contributed by atoms with E-state index in [1.165, 1.54) is 0 Å². The first-order valence-electron chi connectivity index (χ1n) is 9.01. The molecule has 3 aromatic rings. The Labute approximate surface area is 160 Å². The zero-order valence-corrected chi connectivity index (χ0v) is 14.9. The molecule has 0 saturated carbocycles. The van der Waals surface area contributed by atoms with Crippen molar-refractivity contribution in [2.45, 2.75) is 18.9 Å². The fraction of sp³-hybridized carbons (Fsp3) is 0.250. The monoisotopic (exact) mass is 384 g/mol. The number of hydrogen-bond acceptors (Lipinski definition) is 5. The van der Waals surface area contributed by atoms with Gasteiger partial charge in [0.15, 0.2) is 0 Å². The van der Waals surface area contributed by atoms with Gasteiger partial charge >= 0.3 is 6.01 Å². The van der Waals surface area contributed by atoms with Crippen molar-refractivity contribution in [2.75, 3.05) is 18.0 Å². The van der Waals surface area contributed by atoms with Crippen molar-refractivity contribution in [1.82, 2.24) is 15.5 Å². The summed E-state index contributed by atoms with van der Waals surface area (Å²) in [5, 5.41) is 10.9. The molecule has 1 unspecified atom stereocenters. The number of nitrogens with one attached hydrogen (secondary N) is 1. The van der Waals surface area contributed by atoms with Crippen molar-refractivity contribution in [3.05, 3.63) is 77.2 Å². The fourth-order valence-electron chi connectivity index (χ4n) is 3.19. The van der Waals surface area contributed by atoms with Crippen LogP contribution in [-0.2, 0) is 0 Å². The molecule has 1 fully saturated rings. The number of benzene rings is 2. The molecule has 0 bridgehead atoms. The summed E-state index contributed by atoms with van der Waals surface area (Å²) in [6.07, 6.45) is 2.11. The number of carbonyl (C=O) groups excluding carboxylic acids is 1. The summed E-state index contributed by atoms with van der Waals surface area (Å²) in [6, 6.07) is 11.5. The topological polar surface area (TPSA) is 71.3 Å². The summed E-state index contributed by atoms with van der Waals surface area (Å²) >= 11 is 0. The Morgan fingerprint density at radius 1 is 1.07 bits per heavy atom. The summed E-state index contributed by atoms with van der Waals surface area (Å²) in [4.78, 5) is 14.6. The van der Waals surface area contributed by atoms with E-state index in [4.69, 9.17) is 4.42 Å². The van der Waals surface area contributed by atoms with Gasteiger partial charge in [-0.1, -0.05) is 35.4 Å². The van der Waals surface area contributed by atoms with Crippen LogP contribution in [0.15, 0.2) is 52.9 Å². The largest absolute Gasteiger partial charge is 0.405 e. The van der Waals surface area contributed by atoms with Gasteiger partial charge in [-0.15, -0.1) is 5.10 Å². The molecule has 1 aliphatic rings. The lowest BCUT2D eigenvalue weighted by Crippen LogP contribution is -2.30. The van der Waals surface area contributed by atoms with Crippen molar-refractivity contribution in [1.29, 1.82) is 0 Å². The van der Waals surface area contributed by atoms with E-state index in [1.54, 1.807) is 12.1 Å². The molecule has 8 heteroatoms. The summed E-state index contributed by atoms with van der Waals surface area (Å²) in [7, 11) is 0. The minimum Gasteiger partial charge on any atom is -0.405 e. The van der Waals surface area contributed by atoms with Crippen LogP contribution in [0, 0.1) is 11.6 Å². The molecule has 144 valence electrons. The molecular weight excluding hydrogens is 366 g/mol. The van der Waals surface area contributed by atoms with Crippen LogP contribution in [0.5, 0.6) is 0 Å². The maximum atomic E-state index is 14.0. The highest BCUT2D eigenvalue weighted by atomic mass is 19.1. The van der Waals surface area contributed by atoms with E-state index < -0.39 is 23.6 Å². The molecule has 0 spiro atoms. The van der Waals surface area contributed by atoms with Crippen molar-refractivity contribution in [2.24, 2.45) is 0 Å². The highest BCUT2D eigenvalue weighted by molar-refractivity contribution is 5.94. The van der Waals surface area contributed by atoms with Gasteiger partial charge in [-0.3, -0.25) is 4.79 Å². The molecule has 1 amide bonds. The molecule has 1 atom stereocenters. The van der Waals surface area contributed by atoms with Gasteiger partial charge < -0.3 is 14.6 Å². The summed E-state index contributed by atoms with van der Waals surface area (Å²) in [6.45, 7) is 1.68. The van der Waals surface area contributed by atoms with Gasteiger partial charge in [-0.2, -0.15) is 0 Å². The van der Waals surface area contributed by atoms with E-state index in [0.29, 0.717) is 17.6 Å². The molecule has 1 saturated heterocycles. The number of hydrogen-bond donors (Lipinski definition) is 1. The van der Waals surface area contributed by atoms with E-state index in [2.05, 4.69) is 15.5 Å². The third kappa shape index (κ3) is 3.71. The summed E-state index contributed by atoms with van der Waals surface area (Å²) in [5.74, 6) is -2.19. The second kappa shape index (κ2) is 7.75. The lowest BCUT2D eigenvalue weighted by Gasteiger charge is -2.16. The number of aromatic nitrogens is 2. The highest BCUT2D eigenvalue weighted by Crippen LogP contribution is 2.26. The number of carbonyl (C=O) groups is 1. The summed E-state index contributed by atoms with van der Waals surface area (Å²) in [5.41, 5.74) is 0.441. The standard InChI is InChI=1S/C20H18F2N4O2/c21-14-8-9-15(16(22)12-14)18(27)23-17(13-6-2-1-3-7-13)19-24-25-20(28-19)26-10-4-5-11-26/h1-3,6-9,12,17H,4-5,10-11H2,(H,23,27). The van der Waals surface area contributed by atoms with Crippen molar-refractivity contribution >= 4 is 11.9 Å². The number of anilines is 1. The molecule has 1 N–H and O–H groups in total. The van der Waals surface area contributed by atoms with Gasteiger partial charge in [0.2, 0.25) is 5.89 Å². The van der Waals surface area contributed by atoms with Crippen LogP contribution < -0.4 is 10.2 Å². The van der Waals surface area contributed by atoms with E-state index in [9.17, 15) is 13.6 Å². The lowest BCUT2D eigenvalue weighted by atomic mass is 10.1. The van der Waals surface area contributed by atoms with Crippen LogP contribution in [0.1, 0.15) is 40.7 Å². The van der Waals surface area contributed by atoms with Crippen LogP contribution in [-0.4, -0.2) is 29.2 Å². The minimum atomic E-state index is -0.937. The van der Waals surface area contributed by atoms with Gasteiger partial charge in [-0.25, -0.2) is 8.78 Å². The van der Waals surface area contributed by atoms with Gasteiger partial charge in [0.1, 0.15) is 17.7 Å². The zero-order valence-electron chi connectivity index (χ0n) is 14.9. The fourth-order valence-corrected chi connectivity index (χ4v) is 3.19. The van der Waals surface area contributed by atoms with Crippen LogP contribution in [0.25, 0.3) is 0 Å². The number of amides is 1. The average molecular weight is 384 g/mol. The Balaban J connectivity index is 1.63. The smallest absolute Gasteiger partial charge is 0.318 e. The van der Waals surface area contributed by atoms with Crippen molar-refractivity contribution in [3.63, 3.8) is 0 Å². The molecular formula is C20H18F2N4O2. The Morgan fingerprint density at radius 3 is 2.54 bits per heavy atom. The maximum absolute atomic E-state index is 14.0. The van der Waals surface area contributed by atoms with E-state index in [0.717, 1.165) is 38.1 Å². The van der Waals surface area contributed by atoms with Gasteiger partial charge in [0.25, 0.3) is 5.91 Å². The van der Waals surface area contributed by atoms with Crippen LogP contribution in [0.3, 0.4) is 0 Å². The highest BCUT2D eigenvalue weighted by Gasteiger charge is 2.26. The Hall–Kier alpha value is -3.29. The predicted octanol–water partition coefficient (Wildman–Crippen LogP) is 3.47. The third-order valence-corrected chi connectivity index (χ3v) is 4.64. The Morgan fingerprint density at radius 2 is 1.82 bits per heavy atom. The predicted molar refractivity (Wildman–Crippen MR) is 97.9 cm³/mol. The van der Waals surface area contributed by atoms with Gasteiger partial charge in [0, 0.05) is 19.2 Å². The molecule has 6 nitrogen and oxygen atoms in total. The molecule has 28 heavy (non-hydrogen) atoms. The SMILES string of the molecule is O=C(NC(c1ccccc1)c1nnc(N2CCCC2)o1)c1ccc(F)cc1F. The maximum Gasteiger partial charge on any atom is 0.318 e. The van der Waals surface area contributed by atoms with Crippen LogP contribution in [0.4, 0.5) is 14.8 Å². The minimum absolute atomic E-state index is 0.198. The van der Waals surface area contributed by atoms with Gasteiger partial charge in [0.05, 0.1) is 5.56 Å². The first-order valence-corrected chi connectivity index (χ1v) is 9.01. The molecule has 4 rings (SSSR count). The third-order valence-electron chi connectivity index (χ3n) is 4.64. The number of halogens is 2. The molecule has 0 aliphatic carbocycles. The Kier molecular flexibility index (Phi) is 5.01. The normalized spacial score (nSPS) is 14.9. The van der Waals surface area contributed by atoms with Gasteiger partial charge in [-0.05, 0) is 30.5 Å². The second-order valence-electron chi connectivity index (χ2n) is 6.56. The molecule has 1 aromatic heterocycles. The first-order chi connectivity index (χ1) is 13.6. The van der Waals surface area contributed by atoms with Crippen LogP contribution in [0.2, 0.25) is 0 Å². The molecule has 0 radical (unpaired) electrons. The first kappa shape index (κ1) is 18.1. The number of nitrogens with zero attached hydrogens (tertiary/aromatic N) is 3. The zero-order chi connectivity index (χ0) is 19.5. The van der Waals surface area contributed by atoms with Crippen molar-refractivity contribution in [3.8, 4) is 0 Å². The van der Waals surface area contributed by atoms with Crippen molar-refractivity contribution < 1.29 is 18.0 Å². The lowest BCUT2D eigenvalue weighted by molar-refractivity contribution is 0.0933.